The maximum atomic E-state index is 13.6. The Balaban J connectivity index is 1.38. The van der Waals surface area contributed by atoms with Crippen LogP contribution >= 0.6 is 31.9 Å². The zero-order valence-electron chi connectivity index (χ0n) is 22.5. The van der Waals surface area contributed by atoms with Crippen molar-refractivity contribution in [1.82, 2.24) is 9.66 Å². The number of hydrogen-bond acceptors (Lipinski definition) is 7. The molecule has 0 radical (unpaired) electrons. The van der Waals surface area contributed by atoms with E-state index in [1.54, 1.807) is 36.4 Å². The molecule has 11 heteroatoms. The number of furan rings is 1. The molecular weight excluding hydrogens is 682 g/mol. The number of carboxylic acid groups (broad SMARTS) is 1. The largest absolute Gasteiger partial charge is 0.493 e. The molecule has 2 heterocycles. The molecule has 0 aliphatic carbocycles. The van der Waals surface area contributed by atoms with E-state index in [1.165, 1.54) is 30.1 Å². The number of rotatable bonds is 8. The van der Waals surface area contributed by atoms with Crippen molar-refractivity contribution in [2.24, 2.45) is 5.10 Å². The highest BCUT2D eigenvalue weighted by Crippen LogP contribution is 2.42. The molecule has 6 rings (SSSR count). The normalized spacial score (nSPS) is 11.4. The number of para-hydroxylation sites is 2. The molecule has 0 saturated carbocycles. The van der Waals surface area contributed by atoms with Gasteiger partial charge in [-0.3, -0.25) is 4.79 Å². The molecule has 0 bridgehead atoms. The molecule has 0 unspecified atom stereocenters. The Morgan fingerprint density at radius 1 is 1.02 bits per heavy atom. The Bertz CT molecular complexity index is 2070. The number of carbonyl (C=O) groups is 1. The van der Waals surface area contributed by atoms with Gasteiger partial charge in [0, 0.05) is 15.4 Å². The number of fused-ring (bicyclic) bond motifs is 2. The van der Waals surface area contributed by atoms with Gasteiger partial charge in [0.1, 0.15) is 12.2 Å². The summed E-state index contributed by atoms with van der Waals surface area (Å²) in [6.45, 7) is 0.174. The van der Waals surface area contributed by atoms with E-state index in [-0.39, 0.29) is 23.6 Å². The lowest BCUT2D eigenvalue weighted by molar-refractivity contribution is 0.0697. The number of nitrogens with zero attached hydrogens (tertiary/aromatic N) is 3. The molecule has 0 spiro atoms. The molecule has 0 atom stereocenters. The first-order valence-electron chi connectivity index (χ1n) is 12.9. The molecular formula is C32H21Br2N3O6. The van der Waals surface area contributed by atoms with Crippen molar-refractivity contribution in [1.29, 1.82) is 0 Å². The van der Waals surface area contributed by atoms with E-state index in [0.29, 0.717) is 48.3 Å². The van der Waals surface area contributed by atoms with E-state index in [1.807, 2.05) is 36.4 Å². The zero-order valence-corrected chi connectivity index (χ0v) is 25.6. The summed E-state index contributed by atoms with van der Waals surface area (Å²) in [5.41, 5.74) is 2.41. The van der Waals surface area contributed by atoms with E-state index in [4.69, 9.17) is 24.0 Å². The fourth-order valence-corrected chi connectivity index (χ4v) is 5.42. The van der Waals surface area contributed by atoms with Gasteiger partial charge >= 0.3 is 5.97 Å². The number of methoxy groups -OCH3 is 1. The van der Waals surface area contributed by atoms with E-state index < -0.39 is 5.97 Å². The van der Waals surface area contributed by atoms with Gasteiger partial charge in [0.15, 0.2) is 17.3 Å². The molecule has 4 aromatic carbocycles. The molecule has 1 N–H and O–H groups in total. The van der Waals surface area contributed by atoms with Crippen molar-refractivity contribution in [3.05, 3.63) is 121 Å². The minimum Gasteiger partial charge on any atom is -0.493 e. The minimum absolute atomic E-state index is 0.174. The topological polar surface area (TPSA) is 116 Å². The van der Waals surface area contributed by atoms with Crippen molar-refractivity contribution in [3.63, 3.8) is 0 Å². The molecule has 9 nitrogen and oxygen atoms in total. The summed E-state index contributed by atoms with van der Waals surface area (Å²) in [7, 11) is 1.52. The third-order valence-electron chi connectivity index (χ3n) is 6.67. The number of carboxylic acids is 1. The van der Waals surface area contributed by atoms with Crippen LogP contribution in [-0.2, 0) is 6.61 Å². The van der Waals surface area contributed by atoms with E-state index >= 15 is 0 Å². The number of halogens is 2. The molecule has 0 amide bonds. The Morgan fingerprint density at radius 3 is 2.51 bits per heavy atom. The van der Waals surface area contributed by atoms with Crippen LogP contribution in [0, 0.1) is 0 Å². The summed E-state index contributed by atoms with van der Waals surface area (Å²) < 4.78 is 20.1. The first-order chi connectivity index (χ1) is 20.8. The van der Waals surface area contributed by atoms with Crippen molar-refractivity contribution in [3.8, 4) is 23.1 Å². The highest BCUT2D eigenvalue weighted by atomic mass is 79.9. The van der Waals surface area contributed by atoms with E-state index in [2.05, 4.69) is 37.0 Å². The molecule has 0 fully saturated rings. The van der Waals surface area contributed by atoms with Crippen molar-refractivity contribution < 1.29 is 23.8 Å². The fraction of sp³-hybridized carbons (Fsp3) is 0.0625. The summed E-state index contributed by atoms with van der Waals surface area (Å²) in [6.07, 6.45) is 1.52. The summed E-state index contributed by atoms with van der Waals surface area (Å²) in [5.74, 6) is 0.511. The lowest BCUT2D eigenvalue weighted by atomic mass is 10.1. The average molecular weight is 703 g/mol. The number of ether oxygens (including phenoxy) is 2. The molecule has 43 heavy (non-hydrogen) atoms. The lowest BCUT2D eigenvalue weighted by Gasteiger charge is -2.15. The Morgan fingerprint density at radius 2 is 1.77 bits per heavy atom. The second-order valence-electron chi connectivity index (χ2n) is 9.38. The lowest BCUT2D eigenvalue weighted by Crippen LogP contribution is -2.20. The van der Waals surface area contributed by atoms with Crippen LogP contribution in [0.2, 0.25) is 0 Å². The van der Waals surface area contributed by atoms with Crippen molar-refractivity contribution >= 4 is 65.9 Å². The average Bonchev–Trinajstić information content (AvgIpc) is 3.46. The molecule has 0 aliphatic heterocycles. The van der Waals surface area contributed by atoms with Gasteiger partial charge in [-0.25, -0.2) is 9.78 Å². The summed E-state index contributed by atoms with van der Waals surface area (Å²) >= 11 is 7.19. The second kappa shape index (κ2) is 11.9. The van der Waals surface area contributed by atoms with Crippen molar-refractivity contribution in [2.75, 3.05) is 7.11 Å². The maximum Gasteiger partial charge on any atom is 0.335 e. The van der Waals surface area contributed by atoms with Crippen LogP contribution in [0.15, 0.2) is 108 Å². The first-order valence-corrected chi connectivity index (χ1v) is 14.5. The first kappa shape index (κ1) is 28.4. The third-order valence-corrected chi connectivity index (χ3v) is 8.81. The number of aromatic carboxylic acids is 1. The quantitative estimate of drug-likeness (QED) is 0.163. The molecule has 2 aromatic heterocycles. The van der Waals surface area contributed by atoms with Crippen LogP contribution in [0.5, 0.6) is 11.5 Å². The Labute approximate surface area is 261 Å². The molecule has 0 aliphatic rings. The van der Waals surface area contributed by atoms with E-state index in [9.17, 15) is 9.59 Å². The smallest absolute Gasteiger partial charge is 0.335 e. The van der Waals surface area contributed by atoms with Crippen molar-refractivity contribution in [2.45, 2.75) is 6.61 Å². The number of hydrogen-bond donors (Lipinski definition) is 1. The second-order valence-corrected chi connectivity index (χ2v) is 11.0. The van der Waals surface area contributed by atoms with Crippen LogP contribution in [0.25, 0.3) is 33.5 Å². The zero-order chi connectivity index (χ0) is 30.1. The minimum atomic E-state index is -0.996. The van der Waals surface area contributed by atoms with Crippen LogP contribution in [0.4, 0.5) is 0 Å². The van der Waals surface area contributed by atoms with Gasteiger partial charge in [-0.05, 0) is 79.9 Å². The van der Waals surface area contributed by atoms with Crippen LogP contribution in [0.1, 0.15) is 21.5 Å². The van der Waals surface area contributed by atoms with Gasteiger partial charge < -0.3 is 19.0 Å². The molecule has 6 aromatic rings. The van der Waals surface area contributed by atoms with Crippen LogP contribution in [0.3, 0.4) is 0 Å². The van der Waals surface area contributed by atoms with Gasteiger partial charge in [0.25, 0.3) is 5.56 Å². The standard InChI is InChI=1S/C32H21Br2N3O6/c1-41-25-15-21(27(33)28(34)29(25)42-17-18-10-12-19(13-11-18)32(39)40)16-35-37-30(26-14-20-6-2-5-9-24(20)43-26)36-23-8-4-3-7-22(23)31(37)38/h2-16H,17H2,1H3,(H,39,40). The summed E-state index contributed by atoms with van der Waals surface area (Å²) in [5, 5.41) is 15.0. The monoisotopic (exact) mass is 701 g/mol. The van der Waals surface area contributed by atoms with Gasteiger partial charge in [-0.1, -0.05) is 42.5 Å². The van der Waals surface area contributed by atoms with Gasteiger partial charge in [-0.2, -0.15) is 9.78 Å². The summed E-state index contributed by atoms with van der Waals surface area (Å²) in [4.78, 5) is 29.5. The predicted octanol–water partition coefficient (Wildman–Crippen LogP) is 7.50. The fourth-order valence-electron chi connectivity index (χ4n) is 4.49. The predicted molar refractivity (Wildman–Crippen MR) is 170 cm³/mol. The van der Waals surface area contributed by atoms with Crippen LogP contribution in [-0.4, -0.2) is 34.1 Å². The summed E-state index contributed by atoms with van der Waals surface area (Å²) in [6, 6.07) is 24.6. The number of benzene rings is 4. The molecule has 0 saturated heterocycles. The Kier molecular flexibility index (Phi) is 7.83. The van der Waals surface area contributed by atoms with Gasteiger partial charge in [-0.15, -0.1) is 0 Å². The third kappa shape index (κ3) is 5.56. The van der Waals surface area contributed by atoms with Crippen LogP contribution < -0.4 is 15.0 Å². The Hall–Kier alpha value is -4.74. The SMILES string of the molecule is COc1cc(C=Nn2c(-c3cc4ccccc4o3)nc3ccccc3c2=O)c(Br)c(Br)c1OCc1ccc(C(=O)O)cc1. The van der Waals surface area contributed by atoms with Gasteiger partial charge in [0.2, 0.25) is 5.82 Å². The van der Waals surface area contributed by atoms with E-state index in [0.717, 1.165) is 10.9 Å². The number of aromatic nitrogens is 2. The maximum absolute atomic E-state index is 13.6. The molecule has 214 valence electrons. The highest BCUT2D eigenvalue weighted by molar-refractivity contribution is 9.13. The highest BCUT2D eigenvalue weighted by Gasteiger charge is 2.19. The van der Waals surface area contributed by atoms with Gasteiger partial charge in [0.05, 0.1) is 34.3 Å².